The highest BCUT2D eigenvalue weighted by Gasteiger charge is 2.15. The van der Waals surface area contributed by atoms with Crippen molar-refractivity contribution in [3.8, 4) is 11.5 Å². The molecule has 1 N–H and O–H groups in total. The summed E-state index contributed by atoms with van der Waals surface area (Å²) in [7, 11) is 0. The van der Waals surface area contributed by atoms with E-state index in [4.69, 9.17) is 16.3 Å². The third kappa shape index (κ3) is 3.28. The molecule has 0 amide bonds. The highest BCUT2D eigenvalue weighted by atomic mass is 35.5. The van der Waals surface area contributed by atoms with Crippen LogP contribution >= 0.6 is 11.6 Å². The summed E-state index contributed by atoms with van der Waals surface area (Å²) in [5, 5.41) is 8.40. The molecule has 3 rings (SSSR count). The smallest absolute Gasteiger partial charge is 0.165 e. The third-order valence-electron chi connectivity index (χ3n) is 3.27. The van der Waals surface area contributed by atoms with Crippen LogP contribution in [0.3, 0.4) is 0 Å². The molecule has 100 valence electrons. The Morgan fingerprint density at radius 2 is 2.16 bits per heavy atom. The Morgan fingerprint density at radius 1 is 1.32 bits per heavy atom. The zero-order chi connectivity index (χ0) is 13.1. The van der Waals surface area contributed by atoms with Crippen molar-refractivity contribution in [2.75, 3.05) is 13.1 Å². The van der Waals surface area contributed by atoms with Crippen LogP contribution in [-0.2, 0) is 6.54 Å². The van der Waals surface area contributed by atoms with Crippen LogP contribution in [0, 0.1) is 5.92 Å². The van der Waals surface area contributed by atoms with E-state index < -0.39 is 0 Å². The molecule has 2 heterocycles. The molecule has 0 spiro atoms. The number of halogens is 1. The van der Waals surface area contributed by atoms with Crippen LogP contribution < -0.4 is 10.1 Å². The largest absolute Gasteiger partial charge is 0.454 e. The normalized spacial score (nSPS) is 18.7. The minimum atomic E-state index is 0.670. The minimum absolute atomic E-state index is 0.670. The second-order valence-corrected chi connectivity index (χ2v) is 5.25. The van der Waals surface area contributed by atoms with E-state index in [1.54, 1.807) is 6.20 Å². The van der Waals surface area contributed by atoms with Gasteiger partial charge in [0.25, 0.3) is 0 Å². The molecule has 1 saturated heterocycles. The Hall–Kier alpha value is -1.52. The Labute approximate surface area is 117 Å². The van der Waals surface area contributed by atoms with E-state index in [2.05, 4.69) is 10.4 Å². The first kappa shape index (κ1) is 12.5. The predicted molar refractivity (Wildman–Crippen MR) is 74.7 cm³/mol. The van der Waals surface area contributed by atoms with Gasteiger partial charge in [-0.05, 0) is 49.7 Å². The van der Waals surface area contributed by atoms with Gasteiger partial charge in [0, 0.05) is 11.6 Å². The summed E-state index contributed by atoms with van der Waals surface area (Å²) < 4.78 is 7.67. The number of nitrogens with zero attached hydrogens (tertiary/aromatic N) is 2. The van der Waals surface area contributed by atoms with Crippen molar-refractivity contribution in [3.05, 3.63) is 41.7 Å². The SMILES string of the molecule is Clc1ccc(Oc2cnn(CC3CCNC3)c2)cc1. The van der Waals surface area contributed by atoms with E-state index in [0.717, 1.165) is 31.1 Å². The predicted octanol–water partition coefficient (Wildman–Crippen LogP) is 2.94. The molecule has 0 radical (unpaired) electrons. The molecule has 1 aliphatic rings. The number of nitrogens with one attached hydrogen (secondary N) is 1. The van der Waals surface area contributed by atoms with Gasteiger partial charge in [-0.3, -0.25) is 4.68 Å². The van der Waals surface area contributed by atoms with Gasteiger partial charge in [-0.2, -0.15) is 5.10 Å². The number of rotatable bonds is 4. The number of aromatic nitrogens is 2. The topological polar surface area (TPSA) is 39.1 Å². The van der Waals surface area contributed by atoms with Gasteiger partial charge < -0.3 is 10.1 Å². The number of hydrogen-bond donors (Lipinski definition) is 1. The fraction of sp³-hybridized carbons (Fsp3) is 0.357. The number of ether oxygens (including phenoxy) is 1. The van der Waals surface area contributed by atoms with Crippen LogP contribution in [0.1, 0.15) is 6.42 Å². The molecule has 0 bridgehead atoms. The molecular formula is C14H16ClN3O. The van der Waals surface area contributed by atoms with Gasteiger partial charge in [0.1, 0.15) is 5.75 Å². The molecule has 19 heavy (non-hydrogen) atoms. The Balaban J connectivity index is 1.62. The number of hydrogen-bond acceptors (Lipinski definition) is 3. The van der Waals surface area contributed by atoms with E-state index in [1.165, 1.54) is 6.42 Å². The summed E-state index contributed by atoms with van der Waals surface area (Å²) in [5.41, 5.74) is 0. The quantitative estimate of drug-likeness (QED) is 0.934. The molecule has 1 aromatic heterocycles. The lowest BCUT2D eigenvalue weighted by atomic mass is 10.1. The lowest BCUT2D eigenvalue weighted by Crippen LogP contribution is -2.14. The molecule has 4 nitrogen and oxygen atoms in total. The van der Waals surface area contributed by atoms with E-state index in [-0.39, 0.29) is 0 Å². The molecule has 5 heteroatoms. The molecule has 1 unspecified atom stereocenters. The molecule has 1 aromatic carbocycles. The van der Waals surface area contributed by atoms with Gasteiger partial charge in [0.15, 0.2) is 5.75 Å². The summed E-state index contributed by atoms with van der Waals surface area (Å²) in [6.45, 7) is 3.13. The second-order valence-electron chi connectivity index (χ2n) is 4.81. The third-order valence-corrected chi connectivity index (χ3v) is 3.52. The fourth-order valence-electron chi connectivity index (χ4n) is 2.27. The zero-order valence-corrected chi connectivity index (χ0v) is 11.3. The molecule has 0 saturated carbocycles. The second kappa shape index (κ2) is 5.63. The first-order chi connectivity index (χ1) is 9.29. The first-order valence-electron chi connectivity index (χ1n) is 6.46. The fourth-order valence-corrected chi connectivity index (χ4v) is 2.40. The molecule has 1 aliphatic heterocycles. The summed E-state index contributed by atoms with van der Waals surface area (Å²) in [5.74, 6) is 2.20. The van der Waals surface area contributed by atoms with Crippen LogP contribution in [-0.4, -0.2) is 22.9 Å². The first-order valence-corrected chi connectivity index (χ1v) is 6.84. The van der Waals surface area contributed by atoms with Gasteiger partial charge in [-0.1, -0.05) is 11.6 Å². The van der Waals surface area contributed by atoms with Crippen molar-refractivity contribution in [1.29, 1.82) is 0 Å². The average Bonchev–Trinajstić information content (AvgIpc) is 3.05. The Bertz CT molecular complexity index is 532. The Morgan fingerprint density at radius 3 is 2.89 bits per heavy atom. The summed E-state index contributed by atoms with van der Waals surface area (Å²) >= 11 is 5.84. The minimum Gasteiger partial charge on any atom is -0.454 e. The van der Waals surface area contributed by atoms with E-state index in [1.807, 2.05) is 35.1 Å². The van der Waals surface area contributed by atoms with Gasteiger partial charge in [0.2, 0.25) is 0 Å². The highest BCUT2D eigenvalue weighted by Crippen LogP contribution is 2.23. The lowest BCUT2D eigenvalue weighted by Gasteiger charge is -2.07. The van der Waals surface area contributed by atoms with Crippen molar-refractivity contribution in [2.24, 2.45) is 5.92 Å². The Kier molecular flexibility index (Phi) is 3.71. The summed E-state index contributed by atoms with van der Waals surface area (Å²) in [6.07, 6.45) is 4.90. The van der Waals surface area contributed by atoms with Crippen molar-refractivity contribution >= 4 is 11.6 Å². The zero-order valence-electron chi connectivity index (χ0n) is 10.6. The van der Waals surface area contributed by atoms with Crippen LogP contribution in [0.15, 0.2) is 36.7 Å². The maximum atomic E-state index is 5.84. The highest BCUT2D eigenvalue weighted by molar-refractivity contribution is 6.30. The van der Waals surface area contributed by atoms with Gasteiger partial charge in [-0.15, -0.1) is 0 Å². The van der Waals surface area contributed by atoms with E-state index in [9.17, 15) is 0 Å². The van der Waals surface area contributed by atoms with E-state index >= 15 is 0 Å². The van der Waals surface area contributed by atoms with Gasteiger partial charge >= 0.3 is 0 Å². The number of benzene rings is 1. The molecular weight excluding hydrogens is 262 g/mol. The molecule has 1 fully saturated rings. The van der Waals surface area contributed by atoms with Crippen molar-refractivity contribution in [1.82, 2.24) is 15.1 Å². The summed E-state index contributed by atoms with van der Waals surface area (Å²) in [4.78, 5) is 0. The average molecular weight is 278 g/mol. The molecule has 1 atom stereocenters. The van der Waals surface area contributed by atoms with Crippen LogP contribution in [0.2, 0.25) is 5.02 Å². The van der Waals surface area contributed by atoms with Crippen molar-refractivity contribution < 1.29 is 4.74 Å². The molecule has 2 aromatic rings. The van der Waals surface area contributed by atoms with Crippen molar-refractivity contribution in [3.63, 3.8) is 0 Å². The van der Waals surface area contributed by atoms with Gasteiger partial charge in [-0.25, -0.2) is 0 Å². The van der Waals surface area contributed by atoms with Gasteiger partial charge in [0.05, 0.1) is 12.4 Å². The van der Waals surface area contributed by atoms with E-state index in [0.29, 0.717) is 10.9 Å². The standard InChI is InChI=1S/C14H16ClN3O/c15-12-1-3-13(4-2-12)19-14-8-17-18(10-14)9-11-5-6-16-7-11/h1-4,8,10-11,16H,5-7,9H2. The molecule has 0 aliphatic carbocycles. The maximum absolute atomic E-state index is 5.84. The monoisotopic (exact) mass is 277 g/mol. The maximum Gasteiger partial charge on any atom is 0.165 e. The van der Waals surface area contributed by atoms with Crippen LogP contribution in [0.5, 0.6) is 11.5 Å². The van der Waals surface area contributed by atoms with Crippen LogP contribution in [0.25, 0.3) is 0 Å². The lowest BCUT2D eigenvalue weighted by molar-refractivity contribution is 0.444. The van der Waals surface area contributed by atoms with Crippen LogP contribution in [0.4, 0.5) is 0 Å². The summed E-state index contributed by atoms with van der Waals surface area (Å²) in [6, 6.07) is 7.32. The van der Waals surface area contributed by atoms with Crippen molar-refractivity contribution in [2.45, 2.75) is 13.0 Å².